The summed E-state index contributed by atoms with van der Waals surface area (Å²) in [6.07, 6.45) is 2.76. The Morgan fingerprint density at radius 3 is 2.72 bits per heavy atom. The zero-order valence-electron chi connectivity index (χ0n) is 16.9. The molecule has 2 heterocycles. The van der Waals surface area contributed by atoms with Crippen molar-refractivity contribution in [2.45, 2.75) is 22.3 Å². The highest BCUT2D eigenvalue weighted by Crippen LogP contribution is 2.41. The van der Waals surface area contributed by atoms with Gasteiger partial charge in [-0.2, -0.15) is 5.10 Å². The molecule has 3 aromatic rings. The number of amides is 1. The molecule has 0 saturated carbocycles. The highest BCUT2D eigenvalue weighted by atomic mass is 35.5. The van der Waals surface area contributed by atoms with Gasteiger partial charge in [0.05, 0.1) is 23.2 Å². The van der Waals surface area contributed by atoms with Crippen LogP contribution >= 0.6 is 35.1 Å². The normalized spacial score (nSPS) is 16.3. The smallest absolute Gasteiger partial charge is 0.234 e. The van der Waals surface area contributed by atoms with E-state index in [1.807, 2.05) is 78.0 Å². The number of anilines is 1. The Morgan fingerprint density at radius 2 is 1.84 bits per heavy atom. The van der Waals surface area contributed by atoms with Crippen molar-refractivity contribution in [1.82, 2.24) is 5.01 Å². The van der Waals surface area contributed by atoms with Crippen molar-refractivity contribution >= 4 is 63.8 Å². The SMILES string of the molecule is O=C(CSC1=Nc2ccccc2C2CC=NN12)Nc1ccccc1Sc1ccc(Cl)cc1. The zero-order chi connectivity index (χ0) is 21.9. The predicted molar refractivity (Wildman–Crippen MR) is 134 cm³/mol. The third-order valence-electron chi connectivity index (χ3n) is 5.07. The van der Waals surface area contributed by atoms with Crippen molar-refractivity contribution in [3.05, 3.63) is 83.4 Å². The maximum Gasteiger partial charge on any atom is 0.234 e. The summed E-state index contributed by atoms with van der Waals surface area (Å²) in [5.74, 6) is 0.167. The Morgan fingerprint density at radius 1 is 1.06 bits per heavy atom. The fraction of sp³-hybridized carbons (Fsp3) is 0.125. The number of hydrogen-bond acceptors (Lipinski definition) is 6. The molecule has 0 spiro atoms. The molecule has 3 aromatic carbocycles. The molecule has 32 heavy (non-hydrogen) atoms. The Balaban J connectivity index is 1.26. The fourth-order valence-electron chi connectivity index (χ4n) is 3.59. The van der Waals surface area contributed by atoms with Gasteiger partial charge in [-0.05, 0) is 42.5 Å². The molecule has 0 aromatic heterocycles. The molecule has 0 bridgehead atoms. The van der Waals surface area contributed by atoms with Crippen molar-refractivity contribution < 1.29 is 4.79 Å². The lowest BCUT2D eigenvalue weighted by atomic mass is 10.0. The van der Waals surface area contributed by atoms with Crippen LogP contribution in [-0.4, -0.2) is 28.1 Å². The first-order valence-corrected chi connectivity index (χ1v) is 12.3. The first kappa shape index (κ1) is 21.1. The second-order valence-electron chi connectivity index (χ2n) is 7.24. The minimum absolute atomic E-state index is 0.0829. The van der Waals surface area contributed by atoms with E-state index in [1.54, 1.807) is 11.8 Å². The largest absolute Gasteiger partial charge is 0.324 e. The number of nitrogens with one attached hydrogen (secondary N) is 1. The molecule has 0 saturated heterocycles. The van der Waals surface area contributed by atoms with E-state index in [-0.39, 0.29) is 17.7 Å². The number of carbonyl (C=O) groups excluding carboxylic acids is 1. The van der Waals surface area contributed by atoms with Crippen LogP contribution in [0.5, 0.6) is 0 Å². The van der Waals surface area contributed by atoms with Crippen molar-refractivity contribution in [2.24, 2.45) is 10.1 Å². The van der Waals surface area contributed by atoms with Crippen LogP contribution in [0, 0.1) is 0 Å². The third kappa shape index (κ3) is 4.55. The van der Waals surface area contributed by atoms with Gasteiger partial charge in [0.1, 0.15) is 0 Å². The molecule has 2 aliphatic rings. The molecule has 1 atom stereocenters. The summed E-state index contributed by atoms with van der Waals surface area (Å²) in [7, 11) is 0. The van der Waals surface area contributed by atoms with Gasteiger partial charge in [0, 0.05) is 33.0 Å². The van der Waals surface area contributed by atoms with Gasteiger partial charge >= 0.3 is 0 Å². The first-order chi connectivity index (χ1) is 15.7. The number of nitrogens with zero attached hydrogens (tertiary/aromatic N) is 3. The second kappa shape index (κ2) is 9.40. The van der Waals surface area contributed by atoms with Crippen LogP contribution in [-0.2, 0) is 4.79 Å². The number of fused-ring (bicyclic) bond motifs is 3. The molecular weight excluding hydrogens is 460 g/mol. The lowest BCUT2D eigenvalue weighted by Crippen LogP contribution is -2.29. The van der Waals surface area contributed by atoms with Gasteiger partial charge < -0.3 is 5.32 Å². The molecule has 1 N–H and O–H groups in total. The summed E-state index contributed by atoms with van der Waals surface area (Å²) in [5, 5.41) is 10.9. The van der Waals surface area contributed by atoms with E-state index < -0.39 is 0 Å². The minimum Gasteiger partial charge on any atom is -0.324 e. The number of hydrogen-bond donors (Lipinski definition) is 1. The highest BCUT2D eigenvalue weighted by Gasteiger charge is 2.32. The first-order valence-electron chi connectivity index (χ1n) is 10.1. The number of hydrazone groups is 1. The van der Waals surface area contributed by atoms with Crippen LogP contribution in [0.4, 0.5) is 11.4 Å². The van der Waals surface area contributed by atoms with Crippen LogP contribution < -0.4 is 5.32 Å². The Bertz CT molecular complexity index is 1210. The van der Waals surface area contributed by atoms with Gasteiger partial charge in [-0.25, -0.2) is 10.0 Å². The summed E-state index contributed by atoms with van der Waals surface area (Å²) < 4.78 is 0. The van der Waals surface area contributed by atoms with Crippen molar-refractivity contribution in [2.75, 3.05) is 11.1 Å². The number of carbonyl (C=O) groups is 1. The van der Waals surface area contributed by atoms with E-state index in [1.165, 1.54) is 17.3 Å². The van der Waals surface area contributed by atoms with E-state index in [0.29, 0.717) is 5.02 Å². The van der Waals surface area contributed by atoms with E-state index in [0.717, 1.165) is 32.8 Å². The van der Waals surface area contributed by atoms with E-state index >= 15 is 0 Å². The van der Waals surface area contributed by atoms with Crippen molar-refractivity contribution in [1.29, 1.82) is 0 Å². The second-order valence-corrected chi connectivity index (χ2v) is 9.73. The van der Waals surface area contributed by atoms with Crippen LogP contribution in [0.2, 0.25) is 5.02 Å². The molecule has 5 rings (SSSR count). The lowest BCUT2D eigenvalue weighted by molar-refractivity contribution is -0.113. The molecule has 2 aliphatic heterocycles. The molecule has 1 unspecified atom stereocenters. The quantitative estimate of drug-likeness (QED) is 0.449. The van der Waals surface area contributed by atoms with Crippen LogP contribution in [0.3, 0.4) is 0 Å². The van der Waals surface area contributed by atoms with E-state index in [2.05, 4.69) is 16.5 Å². The number of aliphatic imine (C=N–C) groups is 1. The number of amidine groups is 1. The van der Waals surface area contributed by atoms with Gasteiger partial charge in [0.25, 0.3) is 0 Å². The molecule has 160 valence electrons. The summed E-state index contributed by atoms with van der Waals surface area (Å²) in [6, 6.07) is 23.7. The number of thioether (sulfide) groups is 1. The molecule has 8 heteroatoms. The maximum absolute atomic E-state index is 12.8. The van der Waals surface area contributed by atoms with E-state index in [9.17, 15) is 4.79 Å². The lowest BCUT2D eigenvalue weighted by Gasteiger charge is -2.29. The number of benzene rings is 3. The topological polar surface area (TPSA) is 57.1 Å². The average Bonchev–Trinajstić information content (AvgIpc) is 3.31. The van der Waals surface area contributed by atoms with Crippen molar-refractivity contribution in [3.63, 3.8) is 0 Å². The fourth-order valence-corrected chi connectivity index (χ4v) is 5.42. The third-order valence-corrected chi connectivity index (χ3v) is 7.35. The number of halogens is 1. The molecule has 0 aliphatic carbocycles. The molecule has 1 amide bonds. The van der Waals surface area contributed by atoms with Crippen LogP contribution in [0.1, 0.15) is 18.0 Å². The van der Waals surface area contributed by atoms with Gasteiger partial charge in [0.15, 0.2) is 5.17 Å². The summed E-state index contributed by atoms with van der Waals surface area (Å²) >= 11 is 8.97. The number of rotatable bonds is 5. The summed E-state index contributed by atoms with van der Waals surface area (Å²) in [4.78, 5) is 19.5. The molecule has 5 nitrogen and oxygen atoms in total. The molecular formula is C24H19ClN4OS2. The highest BCUT2D eigenvalue weighted by molar-refractivity contribution is 8.14. The minimum atomic E-state index is -0.0829. The van der Waals surface area contributed by atoms with Gasteiger partial charge in [-0.15, -0.1) is 0 Å². The standard InChI is InChI=1S/C24H19ClN4OS2/c25-16-9-11-17(12-10-16)32-22-8-4-3-7-20(22)27-23(30)15-31-24-28-19-6-2-1-5-18(19)21-13-14-26-29(21)24/h1-12,14,21H,13,15H2,(H,27,30). The maximum atomic E-state index is 12.8. The van der Waals surface area contributed by atoms with Gasteiger partial charge in [-0.1, -0.05) is 65.5 Å². The zero-order valence-corrected chi connectivity index (χ0v) is 19.3. The Labute approximate surface area is 200 Å². The predicted octanol–water partition coefficient (Wildman–Crippen LogP) is 6.60. The monoisotopic (exact) mass is 478 g/mol. The van der Waals surface area contributed by atoms with Crippen LogP contribution in [0.25, 0.3) is 0 Å². The Hall–Kier alpha value is -2.74. The van der Waals surface area contributed by atoms with E-state index in [4.69, 9.17) is 16.6 Å². The molecule has 0 radical (unpaired) electrons. The number of para-hydroxylation sites is 2. The van der Waals surface area contributed by atoms with Crippen molar-refractivity contribution in [3.8, 4) is 0 Å². The van der Waals surface area contributed by atoms with Gasteiger partial charge in [-0.3, -0.25) is 4.79 Å². The Kier molecular flexibility index (Phi) is 6.21. The van der Waals surface area contributed by atoms with Gasteiger partial charge in [0.2, 0.25) is 5.91 Å². The summed E-state index contributed by atoms with van der Waals surface area (Å²) in [5.41, 5.74) is 2.91. The average molecular weight is 479 g/mol. The van der Waals surface area contributed by atoms with Crippen LogP contribution in [0.15, 0.2) is 92.7 Å². The molecule has 0 fully saturated rings. The summed E-state index contributed by atoms with van der Waals surface area (Å²) in [6.45, 7) is 0.